The number of carbonyl (C=O) groups is 1. The number of aliphatic hydroxyl groups is 1. The molecule has 0 aromatic heterocycles. The third-order valence-electron chi connectivity index (χ3n) is 4.06. The van der Waals surface area contributed by atoms with Crippen LogP contribution in [0.5, 0.6) is 0 Å². The van der Waals surface area contributed by atoms with E-state index in [4.69, 9.17) is 5.11 Å². The van der Waals surface area contributed by atoms with E-state index in [2.05, 4.69) is 25.2 Å². The smallest absolute Gasteiger partial charge is 0.303 e. The first-order chi connectivity index (χ1) is 11.6. The second kappa shape index (κ2) is 16.7. The molecule has 0 aliphatic rings. The molecule has 4 nitrogen and oxygen atoms in total. The van der Waals surface area contributed by atoms with Gasteiger partial charge in [0, 0.05) is 12.5 Å². The molecule has 0 saturated heterocycles. The van der Waals surface area contributed by atoms with Gasteiger partial charge in [0.2, 0.25) is 0 Å². The molecule has 0 fully saturated rings. The van der Waals surface area contributed by atoms with Crippen molar-refractivity contribution in [2.75, 3.05) is 6.54 Å². The minimum Gasteiger partial charge on any atom is -0.481 e. The largest absolute Gasteiger partial charge is 0.481 e. The zero-order valence-electron chi connectivity index (χ0n) is 15.5. The Labute approximate surface area is 148 Å². The average Bonchev–Trinajstić information content (AvgIpc) is 2.55. The van der Waals surface area contributed by atoms with Crippen LogP contribution >= 0.6 is 0 Å². The van der Waals surface area contributed by atoms with Gasteiger partial charge < -0.3 is 15.5 Å². The summed E-state index contributed by atoms with van der Waals surface area (Å²) in [5.74, 6) is -0.718. The molecule has 0 bridgehead atoms. The van der Waals surface area contributed by atoms with Gasteiger partial charge in [-0.05, 0) is 38.6 Å². The number of allylic oxidation sites excluding steroid dienone is 3. The normalized spacial score (nSPS) is 14.5. The lowest BCUT2D eigenvalue weighted by Crippen LogP contribution is -2.29. The quantitative estimate of drug-likeness (QED) is 0.287. The van der Waals surface area contributed by atoms with Crippen molar-refractivity contribution in [3.8, 4) is 0 Å². The van der Waals surface area contributed by atoms with Crippen LogP contribution in [-0.4, -0.2) is 34.9 Å². The van der Waals surface area contributed by atoms with Crippen LogP contribution in [0.25, 0.3) is 0 Å². The van der Waals surface area contributed by atoms with Crippen molar-refractivity contribution in [2.45, 2.75) is 90.2 Å². The zero-order chi connectivity index (χ0) is 18.0. The Balaban J connectivity index is 3.72. The van der Waals surface area contributed by atoms with Crippen LogP contribution in [0.4, 0.5) is 0 Å². The molecule has 0 aromatic rings. The molecule has 0 heterocycles. The average molecular weight is 340 g/mol. The highest BCUT2D eigenvalue weighted by molar-refractivity contribution is 5.66. The fourth-order valence-electron chi connectivity index (χ4n) is 2.65. The summed E-state index contributed by atoms with van der Waals surface area (Å²) >= 11 is 0. The summed E-state index contributed by atoms with van der Waals surface area (Å²) in [5.41, 5.74) is 0. The van der Waals surface area contributed by atoms with Crippen LogP contribution in [0.15, 0.2) is 24.3 Å². The lowest BCUT2D eigenvalue weighted by atomic mass is 10.0. The van der Waals surface area contributed by atoms with E-state index >= 15 is 0 Å². The first-order valence-corrected chi connectivity index (χ1v) is 9.56. The van der Waals surface area contributed by atoms with Gasteiger partial charge in [-0.15, -0.1) is 0 Å². The number of carboxylic acids is 1. The molecule has 4 heteroatoms. The predicted octanol–water partition coefficient (Wildman–Crippen LogP) is 4.44. The van der Waals surface area contributed by atoms with Crippen molar-refractivity contribution in [3.63, 3.8) is 0 Å². The van der Waals surface area contributed by atoms with E-state index < -0.39 is 5.97 Å². The van der Waals surface area contributed by atoms with Crippen molar-refractivity contribution in [1.82, 2.24) is 5.32 Å². The number of unbranched alkanes of at least 4 members (excludes halogenated alkanes) is 4. The molecular formula is C20H37NO3. The van der Waals surface area contributed by atoms with E-state index in [9.17, 15) is 9.90 Å². The van der Waals surface area contributed by atoms with Crippen molar-refractivity contribution in [3.05, 3.63) is 24.3 Å². The summed E-state index contributed by atoms with van der Waals surface area (Å²) in [5, 5.41) is 21.9. The fraction of sp³-hybridized carbons (Fsp3) is 0.750. The molecule has 3 N–H and O–H groups in total. The summed E-state index contributed by atoms with van der Waals surface area (Å²) in [6.45, 7) is 5.10. The van der Waals surface area contributed by atoms with Crippen LogP contribution in [0, 0.1) is 0 Å². The Morgan fingerprint density at radius 1 is 1.04 bits per heavy atom. The Kier molecular flexibility index (Phi) is 15.9. The number of hydrogen-bond acceptors (Lipinski definition) is 3. The molecule has 0 rings (SSSR count). The van der Waals surface area contributed by atoms with E-state index in [1.54, 1.807) is 0 Å². The van der Waals surface area contributed by atoms with Gasteiger partial charge >= 0.3 is 5.97 Å². The summed E-state index contributed by atoms with van der Waals surface area (Å²) in [6.07, 6.45) is 17.1. The first kappa shape index (κ1) is 22.9. The first-order valence-electron chi connectivity index (χ1n) is 9.56. The SMILES string of the molecule is CCCCC[C@H](O)/C=C/C=C/CCCC[C@H](CCC(=O)O)NCC. The van der Waals surface area contributed by atoms with Gasteiger partial charge in [-0.3, -0.25) is 4.79 Å². The van der Waals surface area contributed by atoms with E-state index in [1.807, 2.05) is 18.2 Å². The van der Waals surface area contributed by atoms with Gasteiger partial charge in [-0.1, -0.05) is 63.8 Å². The lowest BCUT2D eigenvalue weighted by molar-refractivity contribution is -0.137. The summed E-state index contributed by atoms with van der Waals surface area (Å²) in [4.78, 5) is 10.6. The number of aliphatic carboxylic acids is 1. The number of carboxylic acid groups (broad SMARTS) is 1. The maximum Gasteiger partial charge on any atom is 0.303 e. The van der Waals surface area contributed by atoms with Crippen LogP contribution in [0.2, 0.25) is 0 Å². The number of rotatable bonds is 16. The highest BCUT2D eigenvalue weighted by Crippen LogP contribution is 2.09. The Morgan fingerprint density at radius 3 is 2.46 bits per heavy atom. The van der Waals surface area contributed by atoms with E-state index in [0.29, 0.717) is 12.5 Å². The Bertz CT molecular complexity index is 353. The number of hydrogen-bond donors (Lipinski definition) is 3. The van der Waals surface area contributed by atoms with Gasteiger partial charge in [0.05, 0.1) is 6.10 Å². The molecular weight excluding hydrogens is 302 g/mol. The molecule has 0 unspecified atom stereocenters. The highest BCUT2D eigenvalue weighted by Gasteiger charge is 2.08. The number of nitrogens with one attached hydrogen (secondary N) is 1. The molecule has 0 saturated carbocycles. The molecule has 0 radical (unpaired) electrons. The van der Waals surface area contributed by atoms with E-state index in [-0.39, 0.29) is 12.5 Å². The summed E-state index contributed by atoms with van der Waals surface area (Å²) in [7, 11) is 0. The maximum atomic E-state index is 10.6. The van der Waals surface area contributed by atoms with Crippen molar-refractivity contribution in [2.24, 2.45) is 0 Å². The molecule has 0 spiro atoms. The van der Waals surface area contributed by atoms with Crippen molar-refractivity contribution >= 4 is 5.97 Å². The van der Waals surface area contributed by atoms with Crippen LogP contribution in [0.1, 0.15) is 78.1 Å². The fourth-order valence-corrected chi connectivity index (χ4v) is 2.65. The Morgan fingerprint density at radius 2 is 1.79 bits per heavy atom. The van der Waals surface area contributed by atoms with E-state index in [0.717, 1.165) is 45.1 Å². The zero-order valence-corrected chi connectivity index (χ0v) is 15.5. The minimum absolute atomic E-state index is 0.239. The lowest BCUT2D eigenvalue weighted by Gasteiger charge is -2.16. The van der Waals surface area contributed by atoms with Crippen LogP contribution in [-0.2, 0) is 4.79 Å². The highest BCUT2D eigenvalue weighted by atomic mass is 16.4. The molecule has 0 aliphatic carbocycles. The number of aliphatic hydroxyl groups excluding tert-OH is 1. The van der Waals surface area contributed by atoms with Gasteiger partial charge in [-0.2, -0.15) is 0 Å². The second-order valence-electron chi connectivity index (χ2n) is 6.35. The van der Waals surface area contributed by atoms with Gasteiger partial charge in [0.25, 0.3) is 0 Å². The molecule has 24 heavy (non-hydrogen) atoms. The third kappa shape index (κ3) is 15.8. The predicted molar refractivity (Wildman–Crippen MR) is 101 cm³/mol. The topological polar surface area (TPSA) is 69.6 Å². The Hall–Kier alpha value is -1.13. The van der Waals surface area contributed by atoms with Crippen molar-refractivity contribution in [1.29, 1.82) is 0 Å². The maximum absolute atomic E-state index is 10.6. The summed E-state index contributed by atoms with van der Waals surface area (Å²) in [6, 6.07) is 0.313. The minimum atomic E-state index is -0.718. The monoisotopic (exact) mass is 339 g/mol. The van der Waals surface area contributed by atoms with Gasteiger partial charge in [-0.25, -0.2) is 0 Å². The standard InChI is InChI=1S/C20H37NO3/c1-3-5-10-14-19(22)15-12-9-7-6-8-11-13-18(21-4-2)16-17-20(23)24/h7,9,12,15,18-19,21-22H,3-6,8,10-11,13-14,16-17H2,1-2H3,(H,23,24)/b9-7+,15-12+/t18-,19+/m1/s1. The summed E-state index contributed by atoms with van der Waals surface area (Å²) < 4.78 is 0. The molecule has 0 aromatic carbocycles. The van der Waals surface area contributed by atoms with Crippen LogP contribution < -0.4 is 5.32 Å². The molecule has 0 aliphatic heterocycles. The van der Waals surface area contributed by atoms with Gasteiger partial charge in [0.15, 0.2) is 0 Å². The second-order valence-corrected chi connectivity index (χ2v) is 6.35. The van der Waals surface area contributed by atoms with Crippen LogP contribution in [0.3, 0.4) is 0 Å². The third-order valence-corrected chi connectivity index (χ3v) is 4.06. The van der Waals surface area contributed by atoms with E-state index in [1.165, 1.54) is 12.8 Å². The van der Waals surface area contributed by atoms with Gasteiger partial charge in [0.1, 0.15) is 0 Å². The van der Waals surface area contributed by atoms with Crippen molar-refractivity contribution < 1.29 is 15.0 Å². The molecule has 0 amide bonds. The molecule has 140 valence electrons. The molecule has 2 atom stereocenters.